The molecule has 1 fully saturated rings. The molecule has 1 rings (SSSR count). The van der Waals surface area contributed by atoms with Gasteiger partial charge in [0, 0.05) is 13.1 Å². The number of nitriles is 1. The van der Waals surface area contributed by atoms with E-state index in [9.17, 15) is 0 Å². The van der Waals surface area contributed by atoms with E-state index in [1.165, 1.54) is 0 Å². The Bertz CT molecular complexity index is 218. The van der Waals surface area contributed by atoms with E-state index in [4.69, 9.17) is 11.0 Å². The lowest BCUT2D eigenvalue weighted by Gasteiger charge is -2.37. The second-order valence-corrected chi connectivity index (χ2v) is 3.66. The summed E-state index contributed by atoms with van der Waals surface area (Å²) in [6.07, 6.45) is 2.62. The first-order valence-electron chi connectivity index (χ1n) is 4.11. The van der Waals surface area contributed by atoms with E-state index in [-0.39, 0.29) is 0 Å². The molecule has 1 aliphatic heterocycles. The van der Waals surface area contributed by atoms with Gasteiger partial charge in [-0.05, 0) is 19.4 Å². The van der Waals surface area contributed by atoms with E-state index in [2.05, 4.69) is 17.5 Å². The molecule has 2 atom stereocenters. The van der Waals surface area contributed by atoms with Crippen LogP contribution in [-0.4, -0.2) is 30.6 Å². The smallest absolute Gasteiger partial charge is 0.117 e. The molecule has 12 heavy (non-hydrogen) atoms. The molecule has 1 heterocycles. The van der Waals surface area contributed by atoms with Crippen LogP contribution in [-0.2, 0) is 0 Å². The zero-order valence-corrected chi connectivity index (χ0v) is 7.45. The van der Waals surface area contributed by atoms with Crippen molar-refractivity contribution >= 4 is 0 Å². The highest BCUT2D eigenvalue weighted by atomic mass is 15.1. The van der Waals surface area contributed by atoms with Gasteiger partial charge in [0.05, 0.1) is 6.07 Å². The molecular formula is C9H15N3. The van der Waals surface area contributed by atoms with Crippen LogP contribution in [0.15, 0.2) is 12.7 Å². The standard InChI is InChI=1S/C9H15N3/c1-3-8-4-9(11,6-10)7-12(2)5-8/h3,8H,1,4-5,7,11H2,2H3/t8-,9?/m0/s1. The van der Waals surface area contributed by atoms with E-state index < -0.39 is 5.54 Å². The molecule has 0 spiro atoms. The molecule has 3 nitrogen and oxygen atoms in total. The number of nitrogens with zero attached hydrogens (tertiary/aromatic N) is 2. The summed E-state index contributed by atoms with van der Waals surface area (Å²) in [5.41, 5.74) is 5.19. The number of piperidine rings is 1. The van der Waals surface area contributed by atoms with Gasteiger partial charge in [0.2, 0.25) is 0 Å². The molecular weight excluding hydrogens is 150 g/mol. The van der Waals surface area contributed by atoms with Gasteiger partial charge >= 0.3 is 0 Å². The average Bonchev–Trinajstić information content (AvgIpc) is 2.03. The molecule has 66 valence electrons. The average molecular weight is 165 g/mol. The third-order valence-electron chi connectivity index (χ3n) is 2.28. The third kappa shape index (κ3) is 1.84. The molecule has 0 aromatic rings. The molecule has 0 radical (unpaired) electrons. The van der Waals surface area contributed by atoms with E-state index in [0.717, 1.165) is 13.0 Å². The highest BCUT2D eigenvalue weighted by molar-refractivity contribution is 5.11. The van der Waals surface area contributed by atoms with Gasteiger partial charge in [-0.2, -0.15) is 5.26 Å². The quantitative estimate of drug-likeness (QED) is 0.570. The van der Waals surface area contributed by atoms with Crippen LogP contribution in [0.5, 0.6) is 0 Å². The van der Waals surface area contributed by atoms with Gasteiger partial charge < -0.3 is 10.6 Å². The summed E-state index contributed by atoms with van der Waals surface area (Å²) in [5, 5.41) is 8.85. The molecule has 0 aromatic heterocycles. The Morgan fingerprint density at radius 2 is 2.50 bits per heavy atom. The van der Waals surface area contributed by atoms with Crippen LogP contribution >= 0.6 is 0 Å². The van der Waals surface area contributed by atoms with E-state index in [1.54, 1.807) is 0 Å². The number of rotatable bonds is 1. The maximum Gasteiger partial charge on any atom is 0.117 e. The zero-order valence-electron chi connectivity index (χ0n) is 7.45. The predicted molar refractivity (Wildman–Crippen MR) is 48.3 cm³/mol. The number of nitrogens with two attached hydrogens (primary N) is 1. The molecule has 0 aliphatic carbocycles. The maximum atomic E-state index is 8.85. The summed E-state index contributed by atoms with van der Waals surface area (Å²) in [4.78, 5) is 2.08. The molecule has 1 saturated heterocycles. The Morgan fingerprint density at radius 3 is 3.00 bits per heavy atom. The number of likely N-dealkylation sites (tertiary alicyclic amines) is 1. The summed E-state index contributed by atoms with van der Waals surface area (Å²) in [7, 11) is 1.98. The third-order valence-corrected chi connectivity index (χ3v) is 2.28. The van der Waals surface area contributed by atoms with Crippen molar-refractivity contribution in [1.82, 2.24) is 4.90 Å². The summed E-state index contributed by atoms with van der Waals surface area (Å²) >= 11 is 0. The van der Waals surface area contributed by atoms with Gasteiger partial charge in [0.25, 0.3) is 0 Å². The van der Waals surface area contributed by atoms with Gasteiger partial charge in [-0.3, -0.25) is 0 Å². The van der Waals surface area contributed by atoms with Crippen LogP contribution in [0.1, 0.15) is 6.42 Å². The zero-order chi connectivity index (χ0) is 9.19. The van der Waals surface area contributed by atoms with Crippen molar-refractivity contribution in [3.8, 4) is 6.07 Å². The fourth-order valence-electron chi connectivity index (χ4n) is 1.78. The Kier molecular flexibility index (Phi) is 2.51. The molecule has 0 aromatic carbocycles. The monoisotopic (exact) mass is 165 g/mol. The van der Waals surface area contributed by atoms with Crippen LogP contribution in [0, 0.1) is 17.2 Å². The first-order chi connectivity index (χ1) is 5.59. The minimum absolute atomic E-state index is 0.355. The van der Waals surface area contributed by atoms with Crippen molar-refractivity contribution in [3.05, 3.63) is 12.7 Å². The van der Waals surface area contributed by atoms with Crippen molar-refractivity contribution in [3.63, 3.8) is 0 Å². The van der Waals surface area contributed by atoms with Gasteiger partial charge in [-0.25, -0.2) is 0 Å². The van der Waals surface area contributed by atoms with Gasteiger partial charge in [0.1, 0.15) is 5.54 Å². The fraction of sp³-hybridized carbons (Fsp3) is 0.667. The second-order valence-electron chi connectivity index (χ2n) is 3.66. The number of likely N-dealkylation sites (N-methyl/N-ethyl adjacent to an activating group) is 1. The van der Waals surface area contributed by atoms with Crippen LogP contribution in [0.25, 0.3) is 0 Å². The highest BCUT2D eigenvalue weighted by Gasteiger charge is 2.34. The predicted octanol–water partition coefficient (Wildman–Crippen LogP) is 0.345. The summed E-state index contributed by atoms with van der Waals surface area (Å²) in [6, 6.07) is 2.16. The summed E-state index contributed by atoms with van der Waals surface area (Å²) in [5.74, 6) is 0.355. The minimum atomic E-state index is -0.675. The molecule has 3 heteroatoms. The number of hydrogen-bond acceptors (Lipinski definition) is 3. The largest absolute Gasteiger partial charge is 0.312 e. The Morgan fingerprint density at radius 1 is 1.83 bits per heavy atom. The summed E-state index contributed by atoms with van der Waals surface area (Å²) < 4.78 is 0. The van der Waals surface area contributed by atoms with Crippen molar-refractivity contribution in [2.45, 2.75) is 12.0 Å². The van der Waals surface area contributed by atoms with Crippen LogP contribution in [0.3, 0.4) is 0 Å². The molecule has 2 N–H and O–H groups in total. The lowest BCUT2D eigenvalue weighted by Crippen LogP contribution is -2.54. The van der Waals surface area contributed by atoms with Crippen LogP contribution in [0.2, 0.25) is 0 Å². The van der Waals surface area contributed by atoms with E-state index >= 15 is 0 Å². The molecule has 1 aliphatic rings. The van der Waals surface area contributed by atoms with Crippen LogP contribution < -0.4 is 5.73 Å². The van der Waals surface area contributed by atoms with Gasteiger partial charge in [-0.1, -0.05) is 6.08 Å². The second kappa shape index (κ2) is 3.26. The lowest BCUT2D eigenvalue weighted by atomic mass is 9.85. The Labute approximate surface area is 73.5 Å². The lowest BCUT2D eigenvalue weighted by molar-refractivity contribution is 0.180. The molecule has 0 saturated carbocycles. The van der Waals surface area contributed by atoms with Gasteiger partial charge in [-0.15, -0.1) is 6.58 Å². The fourth-order valence-corrected chi connectivity index (χ4v) is 1.78. The summed E-state index contributed by atoms with van der Waals surface area (Å²) in [6.45, 7) is 5.35. The molecule has 0 bridgehead atoms. The van der Waals surface area contributed by atoms with Crippen molar-refractivity contribution in [1.29, 1.82) is 5.26 Å². The van der Waals surface area contributed by atoms with E-state index in [1.807, 2.05) is 13.1 Å². The first-order valence-corrected chi connectivity index (χ1v) is 4.11. The van der Waals surface area contributed by atoms with Crippen molar-refractivity contribution in [2.75, 3.05) is 20.1 Å². The van der Waals surface area contributed by atoms with Crippen molar-refractivity contribution < 1.29 is 0 Å². The normalized spacial score (nSPS) is 37.2. The SMILES string of the molecule is C=C[C@@H]1CN(C)CC(N)(C#N)C1. The minimum Gasteiger partial charge on any atom is -0.312 e. The maximum absolute atomic E-state index is 8.85. The topological polar surface area (TPSA) is 53.0 Å². The van der Waals surface area contributed by atoms with Gasteiger partial charge in [0.15, 0.2) is 0 Å². The first kappa shape index (κ1) is 9.24. The Balaban J connectivity index is 2.70. The number of hydrogen-bond donors (Lipinski definition) is 1. The van der Waals surface area contributed by atoms with Crippen molar-refractivity contribution in [2.24, 2.45) is 11.7 Å². The van der Waals surface area contributed by atoms with E-state index in [0.29, 0.717) is 12.5 Å². The molecule has 1 unspecified atom stereocenters. The molecule has 0 amide bonds. The van der Waals surface area contributed by atoms with Crippen LogP contribution in [0.4, 0.5) is 0 Å². The Hall–Kier alpha value is -0.850. The highest BCUT2D eigenvalue weighted by Crippen LogP contribution is 2.22.